The van der Waals surface area contributed by atoms with Crippen LogP contribution in [0.4, 0.5) is 0 Å². The van der Waals surface area contributed by atoms with Crippen molar-refractivity contribution in [2.75, 3.05) is 0 Å². The lowest BCUT2D eigenvalue weighted by Crippen LogP contribution is -1.90. The van der Waals surface area contributed by atoms with Crippen LogP contribution >= 0.6 is 0 Å². The molecule has 23 heavy (non-hydrogen) atoms. The van der Waals surface area contributed by atoms with E-state index in [-0.39, 0.29) is 0 Å². The molecule has 0 saturated carbocycles. The zero-order valence-corrected chi connectivity index (χ0v) is 13.3. The first-order chi connectivity index (χ1) is 11.4. The van der Waals surface area contributed by atoms with E-state index < -0.39 is 0 Å². The summed E-state index contributed by atoms with van der Waals surface area (Å²) in [6, 6.07) is 23.9. The smallest absolute Gasteiger partial charge is 0.0456 e. The highest BCUT2D eigenvalue weighted by molar-refractivity contribution is 5.85. The molecule has 0 radical (unpaired) electrons. The van der Waals surface area contributed by atoms with E-state index in [1.807, 2.05) is 0 Å². The van der Waals surface area contributed by atoms with Crippen molar-refractivity contribution in [2.24, 2.45) is 0 Å². The normalized spacial score (nSPS) is 11.3. The maximum absolute atomic E-state index is 3.37. The third kappa shape index (κ3) is 2.87. The number of hydrogen-bond donors (Lipinski definition) is 1. The van der Waals surface area contributed by atoms with Crippen molar-refractivity contribution in [1.82, 2.24) is 4.98 Å². The molecule has 0 bridgehead atoms. The fourth-order valence-electron chi connectivity index (χ4n) is 3.48. The standard InChI is InChI=1S/C22H21N/c1(2-10-19-16-23-22-15-6-5-14-21(19)22)8-17-11-7-12-18-9-3-4-13-20(17)18/h3-7,9,11-16,23H,1-2,8,10H2. The number of aromatic amines is 1. The van der Waals surface area contributed by atoms with Crippen LogP contribution in [0, 0.1) is 0 Å². The van der Waals surface area contributed by atoms with Crippen molar-refractivity contribution in [3.8, 4) is 0 Å². The van der Waals surface area contributed by atoms with Crippen molar-refractivity contribution in [2.45, 2.75) is 25.7 Å². The molecule has 3 aromatic carbocycles. The monoisotopic (exact) mass is 299 g/mol. The van der Waals surface area contributed by atoms with E-state index in [9.17, 15) is 0 Å². The number of benzene rings is 3. The number of para-hydroxylation sites is 1. The molecule has 4 rings (SSSR count). The van der Waals surface area contributed by atoms with Crippen LogP contribution in [0.5, 0.6) is 0 Å². The van der Waals surface area contributed by atoms with Crippen LogP contribution in [0.25, 0.3) is 21.7 Å². The van der Waals surface area contributed by atoms with Gasteiger partial charge in [-0.25, -0.2) is 0 Å². The number of fused-ring (bicyclic) bond motifs is 2. The summed E-state index contributed by atoms with van der Waals surface area (Å²) in [5, 5.41) is 4.13. The molecule has 114 valence electrons. The molecular weight excluding hydrogens is 278 g/mol. The summed E-state index contributed by atoms with van der Waals surface area (Å²) in [5.74, 6) is 0. The van der Waals surface area contributed by atoms with Crippen molar-refractivity contribution in [3.63, 3.8) is 0 Å². The Kier molecular flexibility index (Phi) is 3.85. The minimum absolute atomic E-state index is 1.15. The summed E-state index contributed by atoms with van der Waals surface area (Å²) in [7, 11) is 0. The summed E-state index contributed by atoms with van der Waals surface area (Å²) in [6.07, 6.45) is 6.93. The van der Waals surface area contributed by atoms with Gasteiger partial charge < -0.3 is 4.98 Å². The molecule has 1 heteroatoms. The number of aromatic nitrogens is 1. The van der Waals surface area contributed by atoms with E-state index >= 15 is 0 Å². The molecule has 1 aromatic heterocycles. The Morgan fingerprint density at radius 1 is 0.609 bits per heavy atom. The Hall–Kier alpha value is -2.54. The summed E-state index contributed by atoms with van der Waals surface area (Å²) >= 11 is 0. The molecule has 1 nitrogen and oxygen atoms in total. The average molecular weight is 299 g/mol. The number of nitrogens with one attached hydrogen (secondary N) is 1. The number of hydrogen-bond acceptors (Lipinski definition) is 0. The number of H-pyrrole nitrogens is 1. The summed E-state index contributed by atoms with van der Waals surface area (Å²) in [6.45, 7) is 0. The lowest BCUT2D eigenvalue weighted by molar-refractivity contribution is 0.739. The predicted octanol–water partition coefficient (Wildman–Crippen LogP) is 5.89. The van der Waals surface area contributed by atoms with Crippen LogP contribution in [0.1, 0.15) is 24.0 Å². The van der Waals surface area contributed by atoms with Crippen LogP contribution in [0.3, 0.4) is 0 Å². The molecule has 1 N–H and O–H groups in total. The van der Waals surface area contributed by atoms with Gasteiger partial charge in [-0.15, -0.1) is 0 Å². The molecule has 0 spiro atoms. The fourth-order valence-corrected chi connectivity index (χ4v) is 3.48. The summed E-state index contributed by atoms with van der Waals surface area (Å²) < 4.78 is 0. The third-order valence-corrected chi connectivity index (χ3v) is 4.70. The van der Waals surface area contributed by atoms with E-state index in [1.165, 1.54) is 45.6 Å². The zero-order valence-electron chi connectivity index (χ0n) is 13.3. The molecule has 0 aliphatic rings. The molecule has 0 unspecified atom stereocenters. The van der Waals surface area contributed by atoms with Gasteiger partial charge in [-0.2, -0.15) is 0 Å². The molecule has 4 aromatic rings. The van der Waals surface area contributed by atoms with Crippen LogP contribution in [-0.2, 0) is 12.8 Å². The minimum Gasteiger partial charge on any atom is -0.361 e. The first-order valence-electron chi connectivity index (χ1n) is 8.43. The summed E-state index contributed by atoms with van der Waals surface area (Å²) in [5.41, 5.74) is 4.16. The van der Waals surface area contributed by atoms with Crippen LogP contribution in [-0.4, -0.2) is 4.98 Å². The number of unbranched alkanes of at least 4 members (excludes halogenated alkanes) is 1. The molecule has 0 aliphatic heterocycles. The summed E-state index contributed by atoms with van der Waals surface area (Å²) in [4.78, 5) is 3.37. The van der Waals surface area contributed by atoms with Crippen molar-refractivity contribution in [3.05, 3.63) is 84.1 Å². The van der Waals surface area contributed by atoms with Gasteiger partial charge in [0.15, 0.2) is 0 Å². The van der Waals surface area contributed by atoms with E-state index in [2.05, 4.69) is 77.9 Å². The maximum atomic E-state index is 3.37. The molecule has 0 atom stereocenters. The lowest BCUT2D eigenvalue weighted by Gasteiger charge is -2.06. The SMILES string of the molecule is c1ccc2c(CCCCc3c[nH]c4ccccc34)cccc2c1. The third-order valence-electron chi connectivity index (χ3n) is 4.70. The Labute approximate surface area is 137 Å². The number of rotatable bonds is 5. The predicted molar refractivity (Wildman–Crippen MR) is 98.9 cm³/mol. The quantitative estimate of drug-likeness (QED) is 0.442. The van der Waals surface area contributed by atoms with Crippen LogP contribution in [0.15, 0.2) is 72.9 Å². The van der Waals surface area contributed by atoms with Gasteiger partial charge in [0.25, 0.3) is 0 Å². The van der Waals surface area contributed by atoms with Gasteiger partial charge in [0.1, 0.15) is 0 Å². The second-order valence-corrected chi connectivity index (χ2v) is 6.20. The van der Waals surface area contributed by atoms with Gasteiger partial charge >= 0.3 is 0 Å². The Balaban J connectivity index is 1.42. The molecule has 0 amide bonds. The molecule has 0 fully saturated rings. The van der Waals surface area contributed by atoms with Gasteiger partial charge in [0, 0.05) is 17.1 Å². The molecule has 0 saturated heterocycles. The second-order valence-electron chi connectivity index (χ2n) is 6.20. The van der Waals surface area contributed by atoms with Crippen LogP contribution < -0.4 is 0 Å². The molecule has 1 heterocycles. The van der Waals surface area contributed by atoms with Crippen molar-refractivity contribution >= 4 is 21.7 Å². The van der Waals surface area contributed by atoms with E-state index in [0.717, 1.165) is 12.8 Å². The largest absolute Gasteiger partial charge is 0.361 e. The number of aryl methyl sites for hydroxylation is 2. The topological polar surface area (TPSA) is 15.8 Å². The fraction of sp³-hybridized carbons (Fsp3) is 0.182. The van der Waals surface area contributed by atoms with E-state index in [1.54, 1.807) is 0 Å². The highest BCUT2D eigenvalue weighted by atomic mass is 14.7. The van der Waals surface area contributed by atoms with Gasteiger partial charge in [0.2, 0.25) is 0 Å². The van der Waals surface area contributed by atoms with E-state index in [0.29, 0.717) is 0 Å². The van der Waals surface area contributed by atoms with Crippen molar-refractivity contribution < 1.29 is 0 Å². The van der Waals surface area contributed by atoms with Gasteiger partial charge in [0.05, 0.1) is 0 Å². The van der Waals surface area contributed by atoms with Gasteiger partial charge in [-0.3, -0.25) is 0 Å². The van der Waals surface area contributed by atoms with Crippen molar-refractivity contribution in [1.29, 1.82) is 0 Å². The Bertz CT molecular complexity index is 927. The first-order valence-corrected chi connectivity index (χ1v) is 8.43. The Morgan fingerprint density at radius 2 is 1.30 bits per heavy atom. The van der Waals surface area contributed by atoms with Gasteiger partial charge in [-0.1, -0.05) is 60.7 Å². The molecular formula is C22H21N. The highest BCUT2D eigenvalue weighted by Crippen LogP contribution is 2.22. The maximum Gasteiger partial charge on any atom is 0.0456 e. The van der Waals surface area contributed by atoms with Gasteiger partial charge in [-0.05, 0) is 53.6 Å². The molecule has 0 aliphatic carbocycles. The lowest BCUT2D eigenvalue weighted by atomic mass is 9.98. The Morgan fingerprint density at radius 3 is 2.22 bits per heavy atom. The minimum atomic E-state index is 1.15. The first kappa shape index (κ1) is 14.1. The van der Waals surface area contributed by atoms with E-state index in [4.69, 9.17) is 0 Å². The van der Waals surface area contributed by atoms with Crippen LogP contribution in [0.2, 0.25) is 0 Å². The second kappa shape index (κ2) is 6.29. The zero-order chi connectivity index (χ0) is 15.5. The highest BCUT2D eigenvalue weighted by Gasteiger charge is 2.04. The average Bonchev–Trinajstić information content (AvgIpc) is 3.02.